The maximum Gasteiger partial charge on any atom is 0.501 e. The molecular formula is C30H28F4N4O7S. The Morgan fingerprint density at radius 2 is 1.76 bits per heavy atom. The lowest BCUT2D eigenvalue weighted by atomic mass is 9.83. The first-order valence-corrected chi connectivity index (χ1v) is 15.6. The van der Waals surface area contributed by atoms with Crippen LogP contribution in [0.25, 0.3) is 11.4 Å². The predicted octanol–water partition coefficient (Wildman–Crippen LogP) is 4.39. The minimum absolute atomic E-state index is 0.0553. The van der Waals surface area contributed by atoms with Gasteiger partial charge in [-0.05, 0) is 67.3 Å². The number of aliphatic carboxylic acids is 1. The molecule has 0 aliphatic heterocycles. The number of hydrogen-bond donors (Lipinski definition) is 3. The lowest BCUT2D eigenvalue weighted by molar-refractivity contribution is -0.137. The van der Waals surface area contributed by atoms with E-state index in [2.05, 4.69) is 20.6 Å². The number of halogens is 4. The minimum atomic E-state index is -5.64. The summed E-state index contributed by atoms with van der Waals surface area (Å²) in [7, 11) is -4.39. The summed E-state index contributed by atoms with van der Waals surface area (Å²) in [6.45, 7) is 0. The average molecular weight is 665 g/mol. The Kier molecular flexibility index (Phi) is 9.02. The summed E-state index contributed by atoms with van der Waals surface area (Å²) < 4.78 is 83.3. The van der Waals surface area contributed by atoms with Gasteiger partial charge in [0.05, 0.1) is 29.1 Å². The van der Waals surface area contributed by atoms with Crippen molar-refractivity contribution in [1.29, 1.82) is 0 Å². The van der Waals surface area contributed by atoms with E-state index in [0.29, 0.717) is 24.8 Å². The third-order valence-corrected chi connectivity index (χ3v) is 9.82. The molecule has 11 nitrogen and oxygen atoms in total. The Morgan fingerprint density at radius 1 is 1.07 bits per heavy atom. The number of nitrogens with zero attached hydrogens (tertiary/aromatic N) is 2. The van der Waals surface area contributed by atoms with Crippen molar-refractivity contribution < 1.29 is 50.2 Å². The average Bonchev–Trinajstić information content (AvgIpc) is 3.62. The first-order chi connectivity index (χ1) is 21.7. The molecule has 3 N–H and O–H groups in total. The maximum atomic E-state index is 15.1. The van der Waals surface area contributed by atoms with Crippen LogP contribution >= 0.6 is 0 Å². The van der Waals surface area contributed by atoms with E-state index in [1.807, 2.05) is 0 Å². The molecule has 1 aromatic heterocycles. The molecule has 46 heavy (non-hydrogen) atoms. The molecule has 0 spiro atoms. The van der Waals surface area contributed by atoms with Crippen LogP contribution in [0.3, 0.4) is 0 Å². The lowest BCUT2D eigenvalue weighted by Gasteiger charge is -2.31. The number of methoxy groups -OCH3 is 1. The summed E-state index contributed by atoms with van der Waals surface area (Å²) in [5.41, 5.74) is -5.33. The molecule has 2 aliphatic carbocycles. The molecule has 1 heterocycles. The zero-order chi connectivity index (χ0) is 33.4. The van der Waals surface area contributed by atoms with Crippen LogP contribution < -0.4 is 15.4 Å². The van der Waals surface area contributed by atoms with E-state index < -0.39 is 55.8 Å². The number of carbonyl (C=O) groups is 3. The molecule has 16 heteroatoms. The van der Waals surface area contributed by atoms with Crippen molar-refractivity contribution in [1.82, 2.24) is 15.3 Å². The molecule has 2 fully saturated rings. The Bertz CT molecular complexity index is 1780. The minimum Gasteiger partial charge on any atom is -0.496 e. The monoisotopic (exact) mass is 664 g/mol. The third-order valence-electron chi connectivity index (χ3n) is 8.34. The SMILES string of the molecule is COc1cc(F)c(-c2ncc(CCC(=O)O)cn2)cc1C(=O)N[C@@H]1[C@H]2CC[C@H](C2)[C@@H]1C(=O)Nc1cccc(S(=O)(=O)C(F)(F)F)c1. The highest BCUT2D eigenvalue weighted by Crippen LogP contribution is 2.49. The van der Waals surface area contributed by atoms with Gasteiger partial charge in [0.2, 0.25) is 5.91 Å². The van der Waals surface area contributed by atoms with Crippen molar-refractivity contribution in [3.63, 3.8) is 0 Å². The number of amides is 2. The van der Waals surface area contributed by atoms with Crippen LogP contribution in [0.2, 0.25) is 0 Å². The highest BCUT2D eigenvalue weighted by molar-refractivity contribution is 7.92. The van der Waals surface area contributed by atoms with Gasteiger partial charge >= 0.3 is 11.5 Å². The van der Waals surface area contributed by atoms with Gasteiger partial charge in [0, 0.05) is 36.6 Å². The van der Waals surface area contributed by atoms with Gasteiger partial charge in [0.25, 0.3) is 15.7 Å². The number of benzene rings is 2. The van der Waals surface area contributed by atoms with Crippen LogP contribution in [0.5, 0.6) is 5.75 Å². The Balaban J connectivity index is 1.37. The van der Waals surface area contributed by atoms with Crippen LogP contribution in [0, 0.1) is 23.6 Å². The van der Waals surface area contributed by atoms with E-state index in [1.165, 1.54) is 31.6 Å². The zero-order valence-electron chi connectivity index (χ0n) is 24.2. The molecule has 2 aromatic carbocycles. The van der Waals surface area contributed by atoms with E-state index in [0.717, 1.165) is 24.3 Å². The Labute approximate surface area is 260 Å². The van der Waals surface area contributed by atoms with Crippen LogP contribution in [0.4, 0.5) is 23.2 Å². The summed E-state index contributed by atoms with van der Waals surface area (Å²) in [4.78, 5) is 45.1. The largest absolute Gasteiger partial charge is 0.501 e. The second-order valence-corrected chi connectivity index (χ2v) is 13.1. The maximum absolute atomic E-state index is 15.1. The van der Waals surface area contributed by atoms with Gasteiger partial charge in [0.1, 0.15) is 11.6 Å². The van der Waals surface area contributed by atoms with E-state index >= 15 is 4.39 Å². The summed E-state index contributed by atoms with van der Waals surface area (Å²) in [6.07, 6.45) is 4.76. The predicted molar refractivity (Wildman–Crippen MR) is 154 cm³/mol. The second-order valence-electron chi connectivity index (χ2n) is 11.2. The van der Waals surface area contributed by atoms with Crippen molar-refractivity contribution in [3.8, 4) is 17.1 Å². The van der Waals surface area contributed by atoms with Crippen molar-refractivity contribution in [2.45, 2.75) is 48.5 Å². The van der Waals surface area contributed by atoms with E-state index in [1.54, 1.807) is 0 Å². The molecule has 0 saturated heterocycles. The number of aromatic nitrogens is 2. The van der Waals surface area contributed by atoms with Gasteiger partial charge in [0.15, 0.2) is 5.82 Å². The van der Waals surface area contributed by atoms with Crippen molar-refractivity contribution in [2.24, 2.45) is 17.8 Å². The number of anilines is 1. The zero-order valence-corrected chi connectivity index (χ0v) is 25.0. The molecule has 2 amide bonds. The van der Waals surface area contributed by atoms with Gasteiger partial charge in [-0.2, -0.15) is 13.2 Å². The first kappa shape index (κ1) is 32.8. The smallest absolute Gasteiger partial charge is 0.496 e. The Hall–Kier alpha value is -4.60. The summed E-state index contributed by atoms with van der Waals surface area (Å²) in [5, 5.41) is 14.2. The summed E-state index contributed by atoms with van der Waals surface area (Å²) in [5.74, 6) is -4.21. The number of carboxylic acid groups (broad SMARTS) is 1. The third kappa shape index (κ3) is 6.52. The van der Waals surface area contributed by atoms with E-state index in [4.69, 9.17) is 9.84 Å². The highest BCUT2D eigenvalue weighted by Gasteiger charge is 2.52. The fourth-order valence-electron chi connectivity index (χ4n) is 6.15. The second kappa shape index (κ2) is 12.7. The number of carboxylic acids is 1. The quantitative estimate of drug-likeness (QED) is 0.267. The number of aryl methyl sites for hydroxylation is 1. The molecule has 2 bridgehead atoms. The fraction of sp³-hybridized carbons (Fsp3) is 0.367. The number of sulfone groups is 1. The van der Waals surface area contributed by atoms with Gasteiger partial charge < -0.3 is 20.5 Å². The van der Waals surface area contributed by atoms with Crippen LogP contribution in [0.15, 0.2) is 53.7 Å². The summed E-state index contributed by atoms with van der Waals surface area (Å²) in [6, 6.07) is 5.38. The number of ether oxygens (including phenoxy) is 1. The molecule has 3 aromatic rings. The number of alkyl halides is 3. The molecule has 5 rings (SSSR count). The van der Waals surface area contributed by atoms with E-state index in [-0.39, 0.29) is 53.1 Å². The van der Waals surface area contributed by atoms with Crippen molar-refractivity contribution >= 4 is 33.3 Å². The Morgan fingerprint density at radius 3 is 2.41 bits per heavy atom. The van der Waals surface area contributed by atoms with Gasteiger partial charge in [-0.15, -0.1) is 0 Å². The van der Waals surface area contributed by atoms with Gasteiger partial charge in [-0.25, -0.2) is 22.8 Å². The molecule has 2 saturated carbocycles. The molecule has 4 atom stereocenters. The standard InChI is InChI=1S/C30H28F4N4O7S/c1-45-23-12-22(31)20(27-35-13-15(14-36-27)5-8-24(39)40)11-21(23)28(41)38-26-17-7-6-16(9-17)25(26)29(42)37-18-3-2-4-19(10-18)46(43,44)30(32,33)34/h2-4,10-14,16-17,25-26H,5-9H2,1H3,(H,37,42)(H,38,41)(H,39,40)/t16-,17+,25+,26-/m1/s1. The van der Waals surface area contributed by atoms with Crippen LogP contribution in [-0.2, 0) is 25.8 Å². The molecule has 244 valence electrons. The normalized spacial score (nSPS) is 20.7. The highest BCUT2D eigenvalue weighted by atomic mass is 32.2. The van der Waals surface area contributed by atoms with Crippen LogP contribution in [0.1, 0.15) is 41.6 Å². The lowest BCUT2D eigenvalue weighted by Crippen LogP contribution is -2.48. The fourth-order valence-corrected chi connectivity index (χ4v) is 6.96. The molecular weight excluding hydrogens is 636 g/mol. The first-order valence-electron chi connectivity index (χ1n) is 14.1. The van der Waals surface area contributed by atoms with Gasteiger partial charge in [-0.3, -0.25) is 14.4 Å². The van der Waals surface area contributed by atoms with E-state index in [9.17, 15) is 36.0 Å². The van der Waals surface area contributed by atoms with Crippen LogP contribution in [-0.4, -0.2) is 59.9 Å². The number of hydrogen-bond acceptors (Lipinski definition) is 8. The number of nitrogens with one attached hydrogen (secondary N) is 2. The molecule has 0 unspecified atom stereocenters. The number of fused-ring (bicyclic) bond motifs is 2. The molecule has 0 radical (unpaired) electrons. The van der Waals surface area contributed by atoms with Gasteiger partial charge in [-0.1, -0.05) is 6.07 Å². The summed E-state index contributed by atoms with van der Waals surface area (Å²) >= 11 is 0. The number of carbonyl (C=O) groups excluding carboxylic acids is 2. The topological polar surface area (TPSA) is 165 Å². The molecule has 2 aliphatic rings. The number of rotatable bonds is 10. The van der Waals surface area contributed by atoms with Crippen molar-refractivity contribution in [3.05, 3.63) is 65.7 Å². The van der Waals surface area contributed by atoms with Crippen molar-refractivity contribution in [2.75, 3.05) is 12.4 Å².